The molecule has 2 amide bonds. The van der Waals surface area contributed by atoms with Gasteiger partial charge in [-0.1, -0.05) is 6.07 Å². The number of para-hydroxylation sites is 1. The summed E-state index contributed by atoms with van der Waals surface area (Å²) in [6.45, 7) is 1.86. The first-order valence-electron chi connectivity index (χ1n) is 7.92. The fraction of sp³-hybridized carbons (Fsp3) is 0.529. The maximum Gasteiger partial charge on any atom is 0.409 e. The predicted octanol–water partition coefficient (Wildman–Crippen LogP) is 1.91. The molecule has 0 spiro atoms. The zero-order valence-corrected chi connectivity index (χ0v) is 14.3. The van der Waals surface area contributed by atoms with Crippen LogP contribution in [0.25, 0.3) is 0 Å². The quantitative estimate of drug-likeness (QED) is 0.889. The fourth-order valence-corrected chi connectivity index (χ4v) is 2.85. The Morgan fingerprint density at radius 3 is 2.46 bits per heavy atom. The number of nitrogens with one attached hydrogen (secondary N) is 1. The largest absolute Gasteiger partial charge is 0.493 e. The molecule has 1 aromatic rings. The van der Waals surface area contributed by atoms with Crippen molar-refractivity contribution < 1.29 is 23.8 Å². The van der Waals surface area contributed by atoms with E-state index in [1.54, 1.807) is 23.1 Å². The van der Waals surface area contributed by atoms with E-state index in [0.717, 1.165) is 12.8 Å². The molecule has 1 N–H and O–H groups in total. The second-order valence-electron chi connectivity index (χ2n) is 5.65. The molecule has 7 heteroatoms. The standard InChI is InChI=1S/C17H24N2O5/c1-22-14-6-4-5-13(15(14)23-2)16(20)18-11-12-7-9-19(10-8-12)17(21)24-3/h4-6,12H,7-11H2,1-3H3,(H,18,20). The molecule has 1 aliphatic rings. The van der Waals surface area contributed by atoms with Crippen LogP contribution in [-0.4, -0.2) is 57.9 Å². The number of methoxy groups -OCH3 is 3. The van der Waals surface area contributed by atoms with E-state index in [4.69, 9.17) is 14.2 Å². The normalized spacial score (nSPS) is 14.9. The minimum absolute atomic E-state index is 0.193. The van der Waals surface area contributed by atoms with E-state index in [0.29, 0.717) is 42.6 Å². The van der Waals surface area contributed by atoms with E-state index >= 15 is 0 Å². The van der Waals surface area contributed by atoms with Crippen molar-refractivity contribution in [3.05, 3.63) is 23.8 Å². The monoisotopic (exact) mass is 336 g/mol. The molecule has 1 aromatic carbocycles. The summed E-state index contributed by atoms with van der Waals surface area (Å²) in [6.07, 6.45) is 1.38. The highest BCUT2D eigenvalue weighted by Gasteiger charge is 2.24. The molecule has 1 fully saturated rings. The smallest absolute Gasteiger partial charge is 0.409 e. The lowest BCUT2D eigenvalue weighted by Crippen LogP contribution is -2.41. The maximum atomic E-state index is 12.4. The van der Waals surface area contributed by atoms with Gasteiger partial charge >= 0.3 is 6.09 Å². The molecular formula is C17H24N2O5. The molecule has 2 rings (SSSR count). The molecule has 0 aromatic heterocycles. The number of carbonyl (C=O) groups excluding carboxylic acids is 2. The summed E-state index contributed by atoms with van der Waals surface area (Å²) in [5.41, 5.74) is 0.448. The van der Waals surface area contributed by atoms with E-state index in [1.807, 2.05) is 0 Å². The van der Waals surface area contributed by atoms with Crippen molar-refractivity contribution >= 4 is 12.0 Å². The number of hydrogen-bond donors (Lipinski definition) is 1. The molecule has 0 unspecified atom stereocenters. The van der Waals surface area contributed by atoms with Crippen molar-refractivity contribution in [3.8, 4) is 11.5 Å². The van der Waals surface area contributed by atoms with E-state index < -0.39 is 0 Å². The van der Waals surface area contributed by atoms with Crippen molar-refractivity contribution in [2.24, 2.45) is 5.92 Å². The van der Waals surface area contributed by atoms with Crippen LogP contribution in [0, 0.1) is 5.92 Å². The van der Waals surface area contributed by atoms with E-state index in [2.05, 4.69) is 5.32 Å². The Balaban J connectivity index is 1.90. The minimum Gasteiger partial charge on any atom is -0.493 e. The van der Waals surface area contributed by atoms with Crippen LogP contribution in [0.1, 0.15) is 23.2 Å². The highest BCUT2D eigenvalue weighted by atomic mass is 16.5. The van der Waals surface area contributed by atoms with Gasteiger partial charge in [0.25, 0.3) is 5.91 Å². The van der Waals surface area contributed by atoms with E-state index in [1.165, 1.54) is 21.3 Å². The highest BCUT2D eigenvalue weighted by Crippen LogP contribution is 2.30. The molecule has 0 aliphatic carbocycles. The average Bonchev–Trinajstić information content (AvgIpc) is 2.64. The molecular weight excluding hydrogens is 312 g/mol. The van der Waals surface area contributed by atoms with Crippen molar-refractivity contribution in [1.29, 1.82) is 0 Å². The number of hydrogen-bond acceptors (Lipinski definition) is 5. The summed E-state index contributed by atoms with van der Waals surface area (Å²) in [7, 11) is 4.43. The SMILES string of the molecule is COC(=O)N1CCC(CNC(=O)c2cccc(OC)c2OC)CC1. The molecule has 24 heavy (non-hydrogen) atoms. The van der Waals surface area contributed by atoms with Crippen LogP contribution in [0.4, 0.5) is 4.79 Å². The number of benzene rings is 1. The van der Waals surface area contributed by atoms with Crippen LogP contribution in [-0.2, 0) is 4.74 Å². The van der Waals surface area contributed by atoms with Gasteiger partial charge < -0.3 is 24.4 Å². The van der Waals surface area contributed by atoms with Crippen molar-refractivity contribution in [2.75, 3.05) is 41.0 Å². The van der Waals surface area contributed by atoms with Gasteiger partial charge in [0, 0.05) is 19.6 Å². The van der Waals surface area contributed by atoms with Crippen molar-refractivity contribution in [2.45, 2.75) is 12.8 Å². The number of rotatable bonds is 5. The first kappa shape index (κ1) is 17.9. The van der Waals surface area contributed by atoms with E-state index in [-0.39, 0.29) is 12.0 Å². The van der Waals surface area contributed by atoms with Gasteiger partial charge in [0.15, 0.2) is 11.5 Å². The van der Waals surface area contributed by atoms with Crippen LogP contribution in [0.3, 0.4) is 0 Å². The summed E-state index contributed by atoms with van der Waals surface area (Å²) < 4.78 is 15.2. The fourth-order valence-electron chi connectivity index (χ4n) is 2.85. The van der Waals surface area contributed by atoms with Crippen LogP contribution in [0.15, 0.2) is 18.2 Å². The molecule has 1 aliphatic heterocycles. The number of ether oxygens (including phenoxy) is 3. The van der Waals surface area contributed by atoms with Crippen molar-refractivity contribution in [1.82, 2.24) is 10.2 Å². The minimum atomic E-state index is -0.293. The molecule has 7 nitrogen and oxygen atoms in total. The number of carbonyl (C=O) groups is 2. The summed E-state index contributed by atoms with van der Waals surface area (Å²) in [6, 6.07) is 5.21. The Morgan fingerprint density at radius 2 is 1.88 bits per heavy atom. The number of likely N-dealkylation sites (tertiary alicyclic amines) is 1. The Hall–Kier alpha value is -2.44. The lowest BCUT2D eigenvalue weighted by Gasteiger charge is -2.31. The number of nitrogens with zero attached hydrogens (tertiary/aromatic N) is 1. The third-order valence-electron chi connectivity index (χ3n) is 4.25. The topological polar surface area (TPSA) is 77.1 Å². The van der Waals surface area contributed by atoms with Gasteiger partial charge in [-0.3, -0.25) is 4.79 Å². The summed E-state index contributed by atoms with van der Waals surface area (Å²) >= 11 is 0. The Kier molecular flexibility index (Phi) is 6.28. The van der Waals surface area contributed by atoms with Crippen LogP contribution in [0.2, 0.25) is 0 Å². The van der Waals surface area contributed by atoms with Gasteiger partial charge in [0.1, 0.15) is 0 Å². The van der Waals surface area contributed by atoms with Crippen LogP contribution in [0.5, 0.6) is 11.5 Å². The Morgan fingerprint density at radius 1 is 1.17 bits per heavy atom. The molecule has 0 radical (unpaired) electrons. The first-order valence-corrected chi connectivity index (χ1v) is 7.92. The molecule has 0 bridgehead atoms. The van der Waals surface area contributed by atoms with Crippen LogP contribution >= 0.6 is 0 Å². The van der Waals surface area contributed by atoms with Crippen molar-refractivity contribution in [3.63, 3.8) is 0 Å². The molecule has 0 atom stereocenters. The molecule has 0 saturated carbocycles. The lowest BCUT2D eigenvalue weighted by molar-refractivity contribution is 0.0911. The zero-order chi connectivity index (χ0) is 17.5. The summed E-state index contributed by atoms with van der Waals surface area (Å²) in [4.78, 5) is 25.6. The lowest BCUT2D eigenvalue weighted by atomic mass is 9.97. The molecule has 1 heterocycles. The predicted molar refractivity (Wildman–Crippen MR) is 88.6 cm³/mol. The van der Waals surface area contributed by atoms with Crippen LogP contribution < -0.4 is 14.8 Å². The zero-order valence-electron chi connectivity index (χ0n) is 14.3. The maximum absolute atomic E-state index is 12.4. The average molecular weight is 336 g/mol. The highest BCUT2D eigenvalue weighted by molar-refractivity contribution is 5.97. The molecule has 132 valence electrons. The van der Waals surface area contributed by atoms with Gasteiger partial charge in [-0.2, -0.15) is 0 Å². The van der Waals surface area contributed by atoms with E-state index in [9.17, 15) is 9.59 Å². The first-order chi connectivity index (χ1) is 11.6. The third kappa shape index (κ3) is 4.10. The molecule has 1 saturated heterocycles. The Labute approximate surface area is 141 Å². The van der Waals surface area contributed by atoms with Gasteiger partial charge in [-0.25, -0.2) is 4.79 Å². The number of piperidine rings is 1. The van der Waals surface area contributed by atoms with Gasteiger partial charge in [0.2, 0.25) is 0 Å². The third-order valence-corrected chi connectivity index (χ3v) is 4.25. The second kappa shape index (κ2) is 8.42. The van der Waals surface area contributed by atoms with Gasteiger partial charge in [-0.15, -0.1) is 0 Å². The van der Waals surface area contributed by atoms with Gasteiger partial charge in [-0.05, 0) is 30.9 Å². The number of amides is 2. The summed E-state index contributed by atoms with van der Waals surface area (Å²) in [5.74, 6) is 1.10. The second-order valence-corrected chi connectivity index (χ2v) is 5.65. The van der Waals surface area contributed by atoms with Gasteiger partial charge in [0.05, 0.1) is 26.9 Å². The summed E-state index contributed by atoms with van der Waals surface area (Å²) in [5, 5.41) is 2.94. The Bertz CT molecular complexity index is 582.